The van der Waals surface area contributed by atoms with Crippen LogP contribution in [0.25, 0.3) is 0 Å². The second-order valence-electron chi connectivity index (χ2n) is 4.40. The van der Waals surface area contributed by atoms with Crippen LogP contribution in [0.1, 0.15) is 46.5 Å². The molecule has 0 saturated carbocycles. The number of nitrogens with one attached hydrogen (secondary N) is 1. The van der Waals surface area contributed by atoms with E-state index in [2.05, 4.69) is 16.6 Å². The molecule has 0 spiro atoms. The summed E-state index contributed by atoms with van der Waals surface area (Å²) in [5.41, 5.74) is 0.327. The second kappa shape index (κ2) is 9.36. The molecule has 0 aromatic carbocycles. The van der Waals surface area contributed by atoms with Gasteiger partial charge in [-0.1, -0.05) is 12.8 Å². The van der Waals surface area contributed by atoms with E-state index in [1.807, 2.05) is 11.8 Å². The molecule has 0 aliphatic rings. The van der Waals surface area contributed by atoms with Crippen LogP contribution in [-0.2, 0) is 0 Å². The van der Waals surface area contributed by atoms with Crippen molar-refractivity contribution in [2.24, 2.45) is 0 Å². The van der Waals surface area contributed by atoms with Crippen LogP contribution in [0.2, 0.25) is 0 Å². The molecule has 110 valence electrons. The maximum atomic E-state index is 11.7. The van der Waals surface area contributed by atoms with E-state index < -0.39 is 5.97 Å². The van der Waals surface area contributed by atoms with E-state index in [4.69, 9.17) is 5.11 Å². The van der Waals surface area contributed by atoms with Crippen molar-refractivity contribution in [3.63, 3.8) is 0 Å². The fraction of sp³-hybridized carbons (Fsp3) is 0.500. The maximum absolute atomic E-state index is 11.7. The highest BCUT2D eigenvalue weighted by molar-refractivity contribution is 7.98. The molecule has 2 N–H and O–H groups in total. The standard InChI is InChI=1S/C14H20N2O3S/c1-20-9-5-3-2-4-8-15-13(17)12-7-6-11(10-16-12)14(18)19/h6-7,10H,2-5,8-9H2,1H3,(H,15,17)(H,18,19). The van der Waals surface area contributed by atoms with Crippen LogP contribution >= 0.6 is 11.8 Å². The quantitative estimate of drug-likeness (QED) is 0.684. The van der Waals surface area contributed by atoms with Gasteiger partial charge in [0.05, 0.1) is 5.56 Å². The topological polar surface area (TPSA) is 79.3 Å². The number of unbranched alkanes of at least 4 members (excludes halogenated alkanes) is 3. The van der Waals surface area contributed by atoms with Crippen LogP contribution in [0.4, 0.5) is 0 Å². The number of aromatic nitrogens is 1. The average molecular weight is 296 g/mol. The molecule has 0 unspecified atom stereocenters. The highest BCUT2D eigenvalue weighted by atomic mass is 32.2. The Morgan fingerprint density at radius 2 is 2.00 bits per heavy atom. The van der Waals surface area contributed by atoms with Crippen molar-refractivity contribution < 1.29 is 14.7 Å². The third-order valence-electron chi connectivity index (χ3n) is 2.80. The van der Waals surface area contributed by atoms with Gasteiger partial charge < -0.3 is 10.4 Å². The fourth-order valence-corrected chi connectivity index (χ4v) is 2.16. The number of carboxylic acid groups (broad SMARTS) is 1. The van der Waals surface area contributed by atoms with Crippen LogP contribution in [0, 0.1) is 0 Å². The van der Waals surface area contributed by atoms with Crippen molar-refractivity contribution in [2.75, 3.05) is 18.6 Å². The molecule has 1 rings (SSSR count). The van der Waals surface area contributed by atoms with Crippen LogP contribution in [0.5, 0.6) is 0 Å². The average Bonchev–Trinajstić information content (AvgIpc) is 2.46. The monoisotopic (exact) mass is 296 g/mol. The largest absolute Gasteiger partial charge is 0.478 e. The van der Waals surface area contributed by atoms with Gasteiger partial charge in [-0.05, 0) is 37.0 Å². The molecule has 1 aromatic heterocycles. The third-order valence-corrected chi connectivity index (χ3v) is 3.50. The van der Waals surface area contributed by atoms with Gasteiger partial charge in [-0.15, -0.1) is 0 Å². The summed E-state index contributed by atoms with van der Waals surface area (Å²) < 4.78 is 0. The molecular formula is C14H20N2O3S. The molecule has 1 heterocycles. The highest BCUT2D eigenvalue weighted by Gasteiger charge is 2.08. The zero-order valence-corrected chi connectivity index (χ0v) is 12.4. The summed E-state index contributed by atoms with van der Waals surface area (Å²) >= 11 is 1.85. The predicted octanol–water partition coefficient (Wildman–Crippen LogP) is 2.43. The van der Waals surface area contributed by atoms with E-state index in [0.29, 0.717) is 6.54 Å². The Hall–Kier alpha value is -1.56. The third kappa shape index (κ3) is 6.06. The molecule has 0 saturated heterocycles. The molecule has 5 nitrogen and oxygen atoms in total. The molecule has 0 radical (unpaired) electrons. The number of carboxylic acids is 1. The lowest BCUT2D eigenvalue weighted by molar-refractivity contribution is 0.0695. The lowest BCUT2D eigenvalue weighted by Gasteiger charge is -2.05. The fourth-order valence-electron chi connectivity index (χ4n) is 1.67. The Kier molecular flexibility index (Phi) is 7.72. The SMILES string of the molecule is CSCCCCCCNC(=O)c1ccc(C(=O)O)cn1. The van der Waals surface area contributed by atoms with Gasteiger partial charge in [0.1, 0.15) is 5.69 Å². The first-order valence-corrected chi connectivity index (χ1v) is 8.01. The number of thioether (sulfide) groups is 1. The predicted molar refractivity (Wildman–Crippen MR) is 80.4 cm³/mol. The smallest absolute Gasteiger partial charge is 0.337 e. The summed E-state index contributed by atoms with van der Waals surface area (Å²) in [6.45, 7) is 0.625. The van der Waals surface area contributed by atoms with Crippen molar-refractivity contribution in [1.82, 2.24) is 10.3 Å². The van der Waals surface area contributed by atoms with E-state index in [1.54, 1.807) is 0 Å². The number of rotatable bonds is 9. The van der Waals surface area contributed by atoms with Gasteiger partial charge in [0.25, 0.3) is 5.91 Å². The molecule has 0 fully saturated rings. The first-order valence-electron chi connectivity index (χ1n) is 6.61. The van der Waals surface area contributed by atoms with Crippen molar-refractivity contribution in [2.45, 2.75) is 25.7 Å². The number of carbonyl (C=O) groups is 2. The van der Waals surface area contributed by atoms with Crippen molar-refractivity contribution in [3.05, 3.63) is 29.6 Å². The molecule has 1 amide bonds. The molecule has 20 heavy (non-hydrogen) atoms. The number of amides is 1. The van der Waals surface area contributed by atoms with Gasteiger partial charge in [0.2, 0.25) is 0 Å². The first-order chi connectivity index (χ1) is 9.65. The van der Waals surface area contributed by atoms with Crippen LogP contribution in [0.15, 0.2) is 18.3 Å². The molecule has 0 atom stereocenters. The van der Waals surface area contributed by atoms with Gasteiger partial charge in [0.15, 0.2) is 0 Å². The Morgan fingerprint density at radius 3 is 2.60 bits per heavy atom. The van der Waals surface area contributed by atoms with Gasteiger partial charge in [-0.3, -0.25) is 9.78 Å². The molecule has 6 heteroatoms. The van der Waals surface area contributed by atoms with Gasteiger partial charge in [0, 0.05) is 12.7 Å². The first kappa shape index (κ1) is 16.5. The summed E-state index contributed by atoms with van der Waals surface area (Å²) in [7, 11) is 0. The van der Waals surface area contributed by atoms with E-state index in [-0.39, 0.29) is 17.2 Å². The molecule has 0 bridgehead atoms. The van der Waals surface area contributed by atoms with E-state index in [9.17, 15) is 9.59 Å². The Labute approximate surface area is 123 Å². The molecular weight excluding hydrogens is 276 g/mol. The highest BCUT2D eigenvalue weighted by Crippen LogP contribution is 2.04. The molecule has 0 aliphatic heterocycles. The van der Waals surface area contributed by atoms with Crippen LogP contribution in [0.3, 0.4) is 0 Å². The van der Waals surface area contributed by atoms with Gasteiger partial charge in [-0.2, -0.15) is 11.8 Å². The summed E-state index contributed by atoms with van der Waals surface area (Å²) in [6.07, 6.45) is 7.75. The zero-order valence-electron chi connectivity index (χ0n) is 11.6. The maximum Gasteiger partial charge on any atom is 0.337 e. The van der Waals surface area contributed by atoms with E-state index in [0.717, 1.165) is 12.8 Å². The Morgan fingerprint density at radius 1 is 1.25 bits per heavy atom. The minimum atomic E-state index is -1.05. The van der Waals surface area contributed by atoms with Crippen molar-refractivity contribution in [1.29, 1.82) is 0 Å². The van der Waals surface area contributed by atoms with Gasteiger partial charge in [-0.25, -0.2) is 4.79 Å². The second-order valence-corrected chi connectivity index (χ2v) is 5.39. The van der Waals surface area contributed by atoms with Gasteiger partial charge >= 0.3 is 5.97 Å². The number of hydrogen-bond donors (Lipinski definition) is 2. The summed E-state index contributed by atoms with van der Waals surface area (Å²) in [4.78, 5) is 26.2. The van der Waals surface area contributed by atoms with Crippen LogP contribution < -0.4 is 5.32 Å². The van der Waals surface area contributed by atoms with E-state index in [1.165, 1.54) is 36.9 Å². The van der Waals surface area contributed by atoms with E-state index >= 15 is 0 Å². The number of nitrogens with zero attached hydrogens (tertiary/aromatic N) is 1. The lowest BCUT2D eigenvalue weighted by Crippen LogP contribution is -2.25. The number of pyridine rings is 1. The molecule has 0 aliphatic carbocycles. The minimum Gasteiger partial charge on any atom is -0.478 e. The number of hydrogen-bond acceptors (Lipinski definition) is 4. The molecule has 1 aromatic rings. The summed E-state index contributed by atoms with van der Waals surface area (Å²) in [5.74, 6) is -0.118. The number of carbonyl (C=O) groups excluding carboxylic acids is 1. The van der Waals surface area contributed by atoms with Crippen molar-refractivity contribution in [3.8, 4) is 0 Å². The Balaban J connectivity index is 2.24. The van der Waals surface area contributed by atoms with Crippen molar-refractivity contribution >= 4 is 23.6 Å². The summed E-state index contributed by atoms with van der Waals surface area (Å²) in [6, 6.07) is 2.81. The summed E-state index contributed by atoms with van der Waals surface area (Å²) in [5, 5.41) is 11.5. The minimum absolute atomic E-state index is 0.0790. The Bertz CT molecular complexity index is 435. The number of aromatic carboxylic acids is 1. The normalized spacial score (nSPS) is 10.2. The lowest BCUT2D eigenvalue weighted by atomic mass is 10.2. The zero-order chi connectivity index (χ0) is 14.8. The van der Waals surface area contributed by atoms with Crippen LogP contribution in [-0.4, -0.2) is 40.5 Å².